The number of aliphatic hydroxyl groups is 1. The van der Waals surface area contributed by atoms with Gasteiger partial charge >= 0.3 is 0 Å². The van der Waals surface area contributed by atoms with Crippen molar-refractivity contribution in [1.82, 2.24) is 5.43 Å². The van der Waals surface area contributed by atoms with E-state index in [0.717, 1.165) is 0 Å². The van der Waals surface area contributed by atoms with Crippen LogP contribution in [0.1, 0.15) is 5.56 Å². The SMILES string of the molecule is OCCNN=Cc1cc(Cl)c(O)c(Cl)c1O. The third-order valence-corrected chi connectivity index (χ3v) is 2.36. The summed E-state index contributed by atoms with van der Waals surface area (Å²) in [5.74, 6) is -0.681. The molecule has 0 atom stereocenters. The maximum absolute atomic E-state index is 9.54. The maximum Gasteiger partial charge on any atom is 0.156 e. The van der Waals surface area contributed by atoms with E-state index < -0.39 is 0 Å². The number of benzene rings is 1. The summed E-state index contributed by atoms with van der Waals surface area (Å²) in [7, 11) is 0. The summed E-state index contributed by atoms with van der Waals surface area (Å²) in [6, 6.07) is 1.32. The lowest BCUT2D eigenvalue weighted by Crippen LogP contribution is -2.11. The molecule has 0 aliphatic carbocycles. The van der Waals surface area contributed by atoms with Crippen LogP contribution in [0.5, 0.6) is 11.5 Å². The average Bonchev–Trinajstić information content (AvgIpc) is 2.28. The van der Waals surface area contributed by atoms with E-state index in [2.05, 4.69) is 10.5 Å². The van der Waals surface area contributed by atoms with Crippen molar-refractivity contribution >= 4 is 29.4 Å². The van der Waals surface area contributed by atoms with Crippen molar-refractivity contribution in [3.8, 4) is 11.5 Å². The van der Waals surface area contributed by atoms with Crippen LogP contribution in [0.4, 0.5) is 0 Å². The topological polar surface area (TPSA) is 85.1 Å². The van der Waals surface area contributed by atoms with Crippen molar-refractivity contribution in [3.05, 3.63) is 21.7 Å². The molecule has 5 nitrogen and oxygen atoms in total. The lowest BCUT2D eigenvalue weighted by Gasteiger charge is -2.05. The Kier molecular flexibility index (Phi) is 4.67. The molecule has 0 fully saturated rings. The highest BCUT2D eigenvalue weighted by atomic mass is 35.5. The van der Waals surface area contributed by atoms with Gasteiger partial charge < -0.3 is 20.7 Å². The Hall–Kier alpha value is -1.17. The minimum absolute atomic E-state index is 0.0198. The number of phenolic OH excluding ortho intramolecular Hbond substituents is 2. The first-order valence-electron chi connectivity index (χ1n) is 4.34. The molecule has 0 saturated heterocycles. The Morgan fingerprint density at radius 1 is 1.31 bits per heavy atom. The van der Waals surface area contributed by atoms with Gasteiger partial charge in [-0.15, -0.1) is 0 Å². The minimum atomic E-state index is -0.374. The van der Waals surface area contributed by atoms with Gasteiger partial charge in [-0.3, -0.25) is 0 Å². The van der Waals surface area contributed by atoms with Crippen LogP contribution in [0, 0.1) is 0 Å². The quantitative estimate of drug-likeness (QED) is 0.376. The van der Waals surface area contributed by atoms with E-state index in [1.807, 2.05) is 0 Å². The number of hydrogen-bond donors (Lipinski definition) is 4. The summed E-state index contributed by atoms with van der Waals surface area (Å²) >= 11 is 11.3. The van der Waals surface area contributed by atoms with Gasteiger partial charge in [0.15, 0.2) is 5.75 Å². The number of nitrogens with one attached hydrogen (secondary N) is 1. The summed E-state index contributed by atoms with van der Waals surface area (Å²) in [5, 5.41) is 30.8. The van der Waals surface area contributed by atoms with Crippen molar-refractivity contribution in [3.63, 3.8) is 0 Å². The van der Waals surface area contributed by atoms with E-state index in [0.29, 0.717) is 0 Å². The van der Waals surface area contributed by atoms with Crippen molar-refractivity contribution in [1.29, 1.82) is 0 Å². The lowest BCUT2D eigenvalue weighted by atomic mass is 10.2. The molecule has 0 unspecified atom stereocenters. The third-order valence-electron chi connectivity index (χ3n) is 1.72. The van der Waals surface area contributed by atoms with Gasteiger partial charge in [0.25, 0.3) is 0 Å². The fourth-order valence-corrected chi connectivity index (χ4v) is 1.42. The Morgan fingerprint density at radius 3 is 2.62 bits per heavy atom. The van der Waals surface area contributed by atoms with Gasteiger partial charge in [-0.25, -0.2) is 0 Å². The van der Waals surface area contributed by atoms with Crippen LogP contribution < -0.4 is 5.43 Å². The van der Waals surface area contributed by atoms with E-state index in [9.17, 15) is 10.2 Å². The van der Waals surface area contributed by atoms with Gasteiger partial charge in [0, 0.05) is 5.56 Å². The van der Waals surface area contributed by atoms with E-state index >= 15 is 0 Å². The second kappa shape index (κ2) is 5.79. The summed E-state index contributed by atoms with van der Waals surface area (Å²) in [6.45, 7) is 0.233. The normalized spacial score (nSPS) is 10.9. The van der Waals surface area contributed by atoms with E-state index in [4.69, 9.17) is 28.3 Å². The molecule has 7 heteroatoms. The number of hydrazone groups is 1. The Balaban J connectivity index is 2.93. The summed E-state index contributed by atoms with van der Waals surface area (Å²) in [5.41, 5.74) is 2.79. The van der Waals surface area contributed by atoms with Crippen molar-refractivity contribution in [2.45, 2.75) is 0 Å². The van der Waals surface area contributed by atoms with Crippen LogP contribution >= 0.6 is 23.2 Å². The number of nitrogens with zero attached hydrogens (tertiary/aromatic N) is 1. The van der Waals surface area contributed by atoms with Gasteiger partial charge in [0.2, 0.25) is 0 Å². The Labute approximate surface area is 102 Å². The Morgan fingerprint density at radius 2 is 2.00 bits per heavy atom. The number of rotatable bonds is 4. The molecule has 0 radical (unpaired) electrons. The van der Waals surface area contributed by atoms with Crippen molar-refractivity contribution in [2.75, 3.05) is 13.2 Å². The molecule has 0 aromatic heterocycles. The molecule has 16 heavy (non-hydrogen) atoms. The third kappa shape index (κ3) is 2.91. The first-order valence-corrected chi connectivity index (χ1v) is 5.10. The molecule has 0 spiro atoms. The zero-order valence-electron chi connectivity index (χ0n) is 8.11. The smallest absolute Gasteiger partial charge is 0.156 e. The van der Waals surface area contributed by atoms with Gasteiger partial charge in [-0.05, 0) is 6.07 Å². The standard InChI is InChI=1S/C9H10Cl2N2O3/c10-6-3-5(4-13-12-1-2-14)8(15)7(11)9(6)16/h3-4,12,14-16H,1-2H2. The van der Waals surface area contributed by atoms with Crippen molar-refractivity contribution < 1.29 is 15.3 Å². The first-order chi connectivity index (χ1) is 7.57. The number of aliphatic hydroxyl groups excluding tert-OH is 1. The molecule has 4 N–H and O–H groups in total. The molecular formula is C9H10Cl2N2O3. The van der Waals surface area contributed by atoms with Gasteiger partial charge in [0.1, 0.15) is 10.8 Å². The van der Waals surface area contributed by atoms with Crippen LogP contribution in [0.3, 0.4) is 0 Å². The summed E-state index contributed by atoms with van der Waals surface area (Å²) in [4.78, 5) is 0. The molecule has 0 saturated carbocycles. The van der Waals surface area contributed by atoms with Crippen LogP contribution in [-0.4, -0.2) is 34.7 Å². The minimum Gasteiger partial charge on any atom is -0.506 e. The van der Waals surface area contributed by atoms with Gasteiger partial charge in [-0.1, -0.05) is 23.2 Å². The highest BCUT2D eigenvalue weighted by molar-refractivity contribution is 6.38. The van der Waals surface area contributed by atoms with Gasteiger partial charge in [0.05, 0.1) is 24.4 Å². The molecule has 0 heterocycles. The first kappa shape index (κ1) is 12.9. The summed E-state index contributed by atoms with van der Waals surface area (Å²) < 4.78 is 0. The van der Waals surface area contributed by atoms with Gasteiger partial charge in [-0.2, -0.15) is 5.10 Å². The maximum atomic E-state index is 9.54. The van der Waals surface area contributed by atoms with Crippen LogP contribution in [0.2, 0.25) is 10.0 Å². The average molecular weight is 265 g/mol. The van der Waals surface area contributed by atoms with Crippen LogP contribution in [-0.2, 0) is 0 Å². The lowest BCUT2D eigenvalue weighted by molar-refractivity contribution is 0.294. The monoisotopic (exact) mass is 264 g/mol. The van der Waals surface area contributed by atoms with Crippen LogP contribution in [0.25, 0.3) is 0 Å². The van der Waals surface area contributed by atoms with E-state index in [1.165, 1.54) is 12.3 Å². The highest BCUT2D eigenvalue weighted by Crippen LogP contribution is 2.40. The predicted octanol–water partition coefficient (Wildman–Crippen LogP) is 1.32. The fourth-order valence-electron chi connectivity index (χ4n) is 0.945. The molecule has 0 amide bonds. The molecular weight excluding hydrogens is 255 g/mol. The molecule has 88 valence electrons. The predicted molar refractivity (Wildman–Crippen MR) is 62.5 cm³/mol. The second-order valence-electron chi connectivity index (χ2n) is 2.85. The second-order valence-corrected chi connectivity index (χ2v) is 3.63. The molecule has 0 aliphatic heterocycles. The van der Waals surface area contributed by atoms with Crippen LogP contribution in [0.15, 0.2) is 11.2 Å². The number of phenols is 2. The van der Waals surface area contributed by atoms with Crippen molar-refractivity contribution in [2.24, 2.45) is 5.10 Å². The Bertz CT molecular complexity index is 410. The molecule has 1 aromatic carbocycles. The van der Waals surface area contributed by atoms with E-state index in [1.54, 1.807) is 0 Å². The largest absolute Gasteiger partial charge is 0.506 e. The molecule has 0 bridgehead atoms. The fraction of sp³-hybridized carbons (Fsp3) is 0.222. The molecule has 1 rings (SSSR count). The molecule has 0 aliphatic rings. The zero-order chi connectivity index (χ0) is 12.1. The number of aromatic hydroxyl groups is 2. The van der Waals surface area contributed by atoms with E-state index in [-0.39, 0.29) is 40.3 Å². The highest BCUT2D eigenvalue weighted by Gasteiger charge is 2.13. The molecule has 1 aromatic rings. The number of halogens is 2. The summed E-state index contributed by atoms with van der Waals surface area (Å²) in [6.07, 6.45) is 1.28. The zero-order valence-corrected chi connectivity index (χ0v) is 9.63. The number of hydrogen-bond acceptors (Lipinski definition) is 5.